The van der Waals surface area contributed by atoms with Crippen molar-refractivity contribution in [1.29, 1.82) is 0 Å². The van der Waals surface area contributed by atoms with Crippen LogP contribution in [-0.4, -0.2) is 50.7 Å². The molecule has 0 bridgehead atoms. The summed E-state index contributed by atoms with van der Waals surface area (Å²) in [6.45, 7) is 4.36. The Bertz CT molecular complexity index is 1340. The molecule has 1 fully saturated rings. The van der Waals surface area contributed by atoms with Crippen LogP contribution in [0, 0.1) is 5.92 Å². The van der Waals surface area contributed by atoms with Crippen molar-refractivity contribution in [1.82, 2.24) is 25.1 Å². The maximum absolute atomic E-state index is 13.0. The van der Waals surface area contributed by atoms with Crippen LogP contribution in [0.5, 0.6) is 5.75 Å². The summed E-state index contributed by atoms with van der Waals surface area (Å²) in [5.41, 5.74) is 3.06. The molecule has 2 aliphatic rings. The zero-order chi connectivity index (χ0) is 22.4. The highest BCUT2D eigenvalue weighted by Gasteiger charge is 2.32. The van der Waals surface area contributed by atoms with Gasteiger partial charge in [0.15, 0.2) is 0 Å². The molecule has 1 aromatic carbocycles. The highest BCUT2D eigenvalue weighted by molar-refractivity contribution is 7.19. The van der Waals surface area contributed by atoms with Gasteiger partial charge >= 0.3 is 0 Å². The highest BCUT2D eigenvalue weighted by Crippen LogP contribution is 2.42. The van der Waals surface area contributed by atoms with Crippen molar-refractivity contribution >= 4 is 49.9 Å². The number of carbonyl (C=O) groups excluding carboxylic acids is 1. The van der Waals surface area contributed by atoms with Gasteiger partial charge in [0.2, 0.25) is 5.91 Å². The molecule has 0 radical (unpaired) electrons. The van der Waals surface area contributed by atoms with Crippen molar-refractivity contribution in [3.8, 4) is 5.75 Å². The summed E-state index contributed by atoms with van der Waals surface area (Å²) in [6.07, 6.45) is 8.23. The first kappa shape index (κ1) is 20.4. The number of benzene rings is 1. The van der Waals surface area contributed by atoms with Crippen molar-refractivity contribution in [3.05, 3.63) is 35.1 Å². The van der Waals surface area contributed by atoms with Gasteiger partial charge in [-0.3, -0.25) is 9.89 Å². The van der Waals surface area contributed by atoms with Crippen LogP contribution in [0.15, 0.2) is 24.7 Å². The number of ether oxygens (including phenoxy) is 1. The van der Waals surface area contributed by atoms with Crippen LogP contribution >= 0.6 is 11.3 Å². The number of hydrogen-bond acceptors (Lipinski definition) is 7. The molecule has 1 aliphatic carbocycles. The molecular weight excluding hydrogens is 436 g/mol. The third kappa shape index (κ3) is 3.60. The zero-order valence-corrected chi connectivity index (χ0v) is 19.4. The van der Waals surface area contributed by atoms with Crippen molar-refractivity contribution in [2.75, 3.05) is 25.0 Å². The molecule has 1 saturated heterocycles. The minimum atomic E-state index is 0.0843. The fourth-order valence-corrected chi connectivity index (χ4v) is 6.35. The maximum Gasteiger partial charge on any atom is 0.226 e. The predicted molar refractivity (Wildman–Crippen MR) is 129 cm³/mol. The van der Waals surface area contributed by atoms with Crippen molar-refractivity contribution < 1.29 is 9.53 Å². The fourth-order valence-electron chi connectivity index (χ4n) is 5.08. The van der Waals surface area contributed by atoms with E-state index in [1.165, 1.54) is 10.4 Å². The third-order valence-electron chi connectivity index (χ3n) is 6.71. The SMILES string of the molecule is CCOc1cc2[nH]ncc2cc1Nc1ncnc2sc3c(c12)CC[C@H](C(=O)N1CCCC1)C3. The number of H-pyrrole nitrogens is 1. The molecule has 8 nitrogen and oxygen atoms in total. The normalized spacial score (nSPS) is 18.1. The van der Waals surface area contributed by atoms with Gasteiger partial charge in [-0.2, -0.15) is 5.10 Å². The number of amides is 1. The minimum absolute atomic E-state index is 0.0843. The van der Waals surface area contributed by atoms with E-state index in [1.54, 1.807) is 23.9 Å². The van der Waals surface area contributed by atoms with E-state index in [-0.39, 0.29) is 5.92 Å². The topological polar surface area (TPSA) is 96.0 Å². The molecule has 6 rings (SSSR count). The summed E-state index contributed by atoms with van der Waals surface area (Å²) in [6, 6.07) is 3.99. The standard InChI is InChI=1S/C24H26N6O2S/c1-2-32-19-11-17-15(12-27-29-17)9-18(19)28-22-21-16-6-5-14(24(31)30-7-3-4-8-30)10-20(16)33-23(21)26-13-25-22/h9,11-14H,2-8,10H2,1H3,(H,27,29)(H,25,26,28)/t14-/m0/s1. The summed E-state index contributed by atoms with van der Waals surface area (Å²) in [4.78, 5) is 26.4. The van der Waals surface area contributed by atoms with Gasteiger partial charge in [-0.05, 0) is 50.7 Å². The second-order valence-corrected chi connectivity index (χ2v) is 9.83. The number of aryl methyl sites for hydroxylation is 1. The average molecular weight is 463 g/mol. The second kappa shape index (κ2) is 8.30. The number of carbonyl (C=O) groups is 1. The lowest BCUT2D eigenvalue weighted by atomic mass is 9.87. The Morgan fingerprint density at radius 1 is 1.30 bits per heavy atom. The Kier molecular flexibility index (Phi) is 5.13. The predicted octanol–water partition coefficient (Wildman–Crippen LogP) is 4.44. The lowest BCUT2D eigenvalue weighted by Gasteiger charge is -2.26. The van der Waals surface area contributed by atoms with E-state index in [0.29, 0.717) is 12.5 Å². The largest absolute Gasteiger partial charge is 0.492 e. The van der Waals surface area contributed by atoms with Gasteiger partial charge in [0.1, 0.15) is 22.7 Å². The van der Waals surface area contributed by atoms with Crippen molar-refractivity contribution in [3.63, 3.8) is 0 Å². The van der Waals surface area contributed by atoms with Gasteiger partial charge in [-0.15, -0.1) is 11.3 Å². The number of thiophene rings is 1. The Balaban J connectivity index is 1.34. The average Bonchev–Trinajstić information content (AvgIpc) is 3.58. The monoisotopic (exact) mass is 462 g/mol. The zero-order valence-electron chi connectivity index (χ0n) is 18.6. The van der Waals surface area contributed by atoms with E-state index in [2.05, 4.69) is 30.4 Å². The summed E-state index contributed by atoms with van der Waals surface area (Å²) < 4.78 is 5.89. The van der Waals surface area contributed by atoms with E-state index in [0.717, 1.165) is 83.6 Å². The molecule has 4 aromatic rings. The number of likely N-dealkylation sites (tertiary alicyclic amines) is 1. The van der Waals surface area contributed by atoms with Crippen LogP contribution in [0.3, 0.4) is 0 Å². The van der Waals surface area contributed by atoms with E-state index in [1.807, 2.05) is 19.1 Å². The smallest absolute Gasteiger partial charge is 0.226 e. The second-order valence-electron chi connectivity index (χ2n) is 8.74. The first-order valence-electron chi connectivity index (χ1n) is 11.6. The van der Waals surface area contributed by atoms with Gasteiger partial charge in [0.25, 0.3) is 0 Å². The Labute approximate surface area is 195 Å². The minimum Gasteiger partial charge on any atom is -0.492 e. The quantitative estimate of drug-likeness (QED) is 0.455. The number of aromatic nitrogens is 4. The van der Waals surface area contributed by atoms with Crippen LogP contribution in [0.4, 0.5) is 11.5 Å². The number of nitrogens with zero attached hydrogens (tertiary/aromatic N) is 4. The number of rotatable bonds is 5. The van der Waals surface area contributed by atoms with Gasteiger partial charge in [-0.1, -0.05) is 0 Å². The van der Waals surface area contributed by atoms with Gasteiger partial charge < -0.3 is 15.0 Å². The number of fused-ring (bicyclic) bond motifs is 4. The lowest BCUT2D eigenvalue weighted by Crippen LogP contribution is -2.36. The Morgan fingerprint density at radius 2 is 2.18 bits per heavy atom. The fraction of sp³-hybridized carbons (Fsp3) is 0.417. The van der Waals surface area contributed by atoms with Crippen LogP contribution in [0.1, 0.15) is 36.6 Å². The third-order valence-corrected chi connectivity index (χ3v) is 7.87. The van der Waals surface area contributed by atoms with E-state index in [9.17, 15) is 4.79 Å². The van der Waals surface area contributed by atoms with Crippen LogP contribution in [-0.2, 0) is 17.6 Å². The highest BCUT2D eigenvalue weighted by atomic mass is 32.1. The van der Waals surface area contributed by atoms with Crippen molar-refractivity contribution in [2.45, 2.75) is 39.0 Å². The van der Waals surface area contributed by atoms with Crippen molar-refractivity contribution in [2.24, 2.45) is 5.92 Å². The molecule has 170 valence electrons. The summed E-state index contributed by atoms with van der Waals surface area (Å²) >= 11 is 1.70. The molecule has 1 aliphatic heterocycles. The number of anilines is 2. The van der Waals surface area contributed by atoms with Gasteiger partial charge in [0.05, 0.1) is 29.4 Å². The van der Waals surface area contributed by atoms with Crippen LogP contribution in [0.2, 0.25) is 0 Å². The molecule has 9 heteroatoms. The molecule has 2 N–H and O–H groups in total. The molecule has 4 heterocycles. The number of aromatic amines is 1. The Hall–Kier alpha value is -3.20. The summed E-state index contributed by atoms with van der Waals surface area (Å²) in [7, 11) is 0. The molecular formula is C24H26N6O2S. The van der Waals surface area contributed by atoms with Crippen LogP contribution < -0.4 is 10.1 Å². The lowest BCUT2D eigenvalue weighted by molar-refractivity contribution is -0.134. The van der Waals surface area contributed by atoms with E-state index >= 15 is 0 Å². The maximum atomic E-state index is 13.0. The van der Waals surface area contributed by atoms with Crippen LogP contribution in [0.25, 0.3) is 21.1 Å². The number of hydrogen-bond donors (Lipinski definition) is 2. The van der Waals surface area contributed by atoms with Gasteiger partial charge in [-0.25, -0.2) is 9.97 Å². The number of nitrogens with one attached hydrogen (secondary N) is 2. The molecule has 0 saturated carbocycles. The molecule has 1 atom stereocenters. The Morgan fingerprint density at radius 3 is 3.03 bits per heavy atom. The molecule has 1 amide bonds. The molecule has 3 aromatic heterocycles. The molecule has 0 spiro atoms. The summed E-state index contributed by atoms with van der Waals surface area (Å²) in [5.74, 6) is 1.95. The van der Waals surface area contributed by atoms with E-state index < -0.39 is 0 Å². The van der Waals surface area contributed by atoms with E-state index in [4.69, 9.17) is 4.74 Å². The van der Waals surface area contributed by atoms with Gasteiger partial charge in [0, 0.05) is 35.3 Å². The summed E-state index contributed by atoms with van der Waals surface area (Å²) in [5, 5.41) is 12.7. The first-order valence-corrected chi connectivity index (χ1v) is 12.4. The molecule has 33 heavy (non-hydrogen) atoms. The molecule has 0 unspecified atom stereocenters. The first-order chi connectivity index (χ1) is 16.2.